The minimum absolute atomic E-state index is 0.633. The number of aliphatic imine (C=N–C) groups is 1. The Balaban J connectivity index is 1.81. The summed E-state index contributed by atoms with van der Waals surface area (Å²) < 4.78 is 7.04. The number of thioether (sulfide) groups is 1. The third-order valence-corrected chi connectivity index (χ3v) is 4.41. The van der Waals surface area contributed by atoms with E-state index in [1.807, 2.05) is 53.0 Å². The summed E-state index contributed by atoms with van der Waals surface area (Å²) in [4.78, 5) is 4.25. The van der Waals surface area contributed by atoms with Gasteiger partial charge in [-0.2, -0.15) is 16.9 Å². The summed E-state index contributed by atoms with van der Waals surface area (Å²) in [5.74, 6) is 2.85. The highest BCUT2D eigenvalue weighted by Crippen LogP contribution is 2.14. The minimum Gasteiger partial charge on any atom is -0.497 e. The summed E-state index contributed by atoms with van der Waals surface area (Å²) in [5.41, 5.74) is 1.96. The number of methoxy groups -OCH3 is 1. The van der Waals surface area contributed by atoms with Crippen LogP contribution in [0.1, 0.15) is 18.5 Å². The van der Waals surface area contributed by atoms with Crippen molar-refractivity contribution in [3.8, 4) is 11.4 Å². The summed E-state index contributed by atoms with van der Waals surface area (Å²) in [6, 6.07) is 9.83. The number of ether oxygens (including phenoxy) is 1. The van der Waals surface area contributed by atoms with Gasteiger partial charge < -0.3 is 15.4 Å². The molecule has 2 N–H and O–H groups in total. The van der Waals surface area contributed by atoms with Gasteiger partial charge in [0.05, 0.1) is 25.0 Å². The summed E-state index contributed by atoms with van der Waals surface area (Å²) >= 11 is 1.89. The first kappa shape index (κ1) is 19.2. The van der Waals surface area contributed by atoms with Crippen molar-refractivity contribution in [2.24, 2.45) is 4.99 Å². The Morgan fingerprint density at radius 3 is 2.68 bits per heavy atom. The zero-order chi connectivity index (χ0) is 17.9. The van der Waals surface area contributed by atoms with E-state index in [0.717, 1.165) is 36.1 Å². The normalized spacial score (nSPS) is 11.4. The molecule has 1 heterocycles. The average Bonchev–Trinajstić information content (AvgIpc) is 3.13. The molecule has 0 aliphatic heterocycles. The molecule has 7 heteroatoms. The number of hydrogen-bond donors (Lipinski definition) is 2. The fourth-order valence-electron chi connectivity index (χ4n) is 2.31. The van der Waals surface area contributed by atoms with Crippen molar-refractivity contribution in [2.75, 3.05) is 32.7 Å². The van der Waals surface area contributed by atoms with E-state index < -0.39 is 0 Å². The van der Waals surface area contributed by atoms with Crippen molar-refractivity contribution in [2.45, 2.75) is 19.4 Å². The van der Waals surface area contributed by atoms with Gasteiger partial charge in [0, 0.05) is 19.8 Å². The second-order valence-corrected chi connectivity index (χ2v) is 6.49. The molecule has 0 atom stereocenters. The van der Waals surface area contributed by atoms with Gasteiger partial charge in [-0.1, -0.05) is 0 Å². The predicted molar refractivity (Wildman–Crippen MR) is 106 cm³/mol. The van der Waals surface area contributed by atoms with Crippen LogP contribution in [-0.4, -0.2) is 48.5 Å². The average molecular weight is 362 g/mol. The monoisotopic (exact) mass is 361 g/mol. The molecule has 0 fully saturated rings. The number of nitrogens with zero attached hydrogens (tertiary/aromatic N) is 3. The Morgan fingerprint density at radius 1 is 1.20 bits per heavy atom. The lowest BCUT2D eigenvalue weighted by atomic mass is 10.3. The summed E-state index contributed by atoms with van der Waals surface area (Å²) in [5, 5.41) is 11.2. The van der Waals surface area contributed by atoms with Crippen molar-refractivity contribution in [1.82, 2.24) is 20.4 Å². The molecule has 0 radical (unpaired) electrons. The van der Waals surface area contributed by atoms with Gasteiger partial charge in [-0.15, -0.1) is 0 Å². The van der Waals surface area contributed by atoms with E-state index in [-0.39, 0.29) is 0 Å². The third-order valence-electron chi connectivity index (χ3n) is 3.71. The molecule has 0 unspecified atom stereocenters. The Morgan fingerprint density at radius 2 is 2.00 bits per heavy atom. The lowest BCUT2D eigenvalue weighted by molar-refractivity contribution is 0.414. The number of hydrogen-bond acceptors (Lipinski definition) is 4. The molecule has 136 valence electrons. The van der Waals surface area contributed by atoms with Gasteiger partial charge in [-0.3, -0.25) is 4.99 Å². The zero-order valence-corrected chi connectivity index (χ0v) is 16.0. The molecule has 6 nitrogen and oxygen atoms in total. The number of guanidine groups is 1. The molecule has 2 aromatic rings. The van der Waals surface area contributed by atoms with Crippen molar-refractivity contribution in [3.63, 3.8) is 0 Å². The fourth-order valence-corrected chi connectivity index (χ4v) is 2.80. The lowest BCUT2D eigenvalue weighted by Crippen LogP contribution is -2.37. The first-order valence-electron chi connectivity index (χ1n) is 8.39. The fraction of sp³-hybridized carbons (Fsp3) is 0.444. The molecule has 1 aromatic heterocycles. The van der Waals surface area contributed by atoms with E-state index in [1.165, 1.54) is 12.2 Å². The quantitative estimate of drug-likeness (QED) is 0.408. The SMILES string of the molecule is CN=C(NCCCCSC)NCc1ccn(-c2ccc(OC)cc2)n1. The Kier molecular flexibility index (Phi) is 8.18. The highest BCUT2D eigenvalue weighted by molar-refractivity contribution is 7.98. The standard InChI is InChI=1S/C18H27N5OS/c1-19-18(20-11-4-5-13-25-3)21-14-15-10-12-23(22-15)16-6-8-17(24-2)9-7-16/h6-10,12H,4-5,11,13-14H2,1-3H3,(H2,19,20,21). The summed E-state index contributed by atoms with van der Waals surface area (Å²) in [6.07, 6.45) is 6.46. The molecule has 25 heavy (non-hydrogen) atoms. The van der Waals surface area contributed by atoms with Crippen LogP contribution in [-0.2, 0) is 6.54 Å². The van der Waals surface area contributed by atoms with Gasteiger partial charge in [-0.25, -0.2) is 4.68 Å². The Hall–Kier alpha value is -2.15. The van der Waals surface area contributed by atoms with Crippen molar-refractivity contribution >= 4 is 17.7 Å². The molecule has 0 spiro atoms. The predicted octanol–water partition coefficient (Wildman–Crippen LogP) is 2.69. The van der Waals surface area contributed by atoms with Crippen LogP contribution in [0, 0.1) is 0 Å². The first-order chi connectivity index (χ1) is 12.3. The van der Waals surface area contributed by atoms with E-state index in [2.05, 4.69) is 27.0 Å². The third kappa shape index (κ3) is 6.34. The molecule has 0 saturated heterocycles. The number of rotatable bonds is 9. The second-order valence-electron chi connectivity index (χ2n) is 5.50. The molecular weight excluding hydrogens is 334 g/mol. The zero-order valence-electron chi connectivity index (χ0n) is 15.2. The van der Waals surface area contributed by atoms with Crippen LogP contribution >= 0.6 is 11.8 Å². The van der Waals surface area contributed by atoms with Crippen molar-refractivity contribution in [1.29, 1.82) is 0 Å². The molecule has 0 aliphatic rings. The largest absolute Gasteiger partial charge is 0.497 e. The summed E-state index contributed by atoms with van der Waals surface area (Å²) in [7, 11) is 3.45. The maximum absolute atomic E-state index is 5.18. The van der Waals surface area contributed by atoms with Gasteiger partial charge in [0.1, 0.15) is 5.75 Å². The van der Waals surface area contributed by atoms with E-state index >= 15 is 0 Å². The smallest absolute Gasteiger partial charge is 0.191 e. The number of nitrogens with one attached hydrogen (secondary N) is 2. The second kappa shape index (κ2) is 10.7. The van der Waals surface area contributed by atoms with Crippen LogP contribution in [0.3, 0.4) is 0 Å². The molecular formula is C18H27N5OS. The van der Waals surface area contributed by atoms with Crippen LogP contribution < -0.4 is 15.4 Å². The molecule has 0 amide bonds. The van der Waals surface area contributed by atoms with E-state index in [1.54, 1.807) is 14.2 Å². The Labute approximate surface area is 154 Å². The topological polar surface area (TPSA) is 63.5 Å². The van der Waals surface area contributed by atoms with E-state index in [4.69, 9.17) is 4.74 Å². The van der Waals surface area contributed by atoms with E-state index in [0.29, 0.717) is 6.54 Å². The van der Waals surface area contributed by atoms with Gasteiger partial charge in [-0.05, 0) is 55.2 Å². The highest BCUT2D eigenvalue weighted by atomic mass is 32.2. The molecule has 0 saturated carbocycles. The van der Waals surface area contributed by atoms with Crippen LogP contribution in [0.2, 0.25) is 0 Å². The Bertz CT molecular complexity index is 654. The molecule has 0 aliphatic carbocycles. The number of unbranched alkanes of at least 4 members (excludes halogenated alkanes) is 1. The molecule has 1 aromatic carbocycles. The highest BCUT2D eigenvalue weighted by Gasteiger charge is 2.03. The first-order valence-corrected chi connectivity index (χ1v) is 9.78. The minimum atomic E-state index is 0.633. The van der Waals surface area contributed by atoms with Gasteiger partial charge in [0.15, 0.2) is 5.96 Å². The molecule has 0 bridgehead atoms. The van der Waals surface area contributed by atoms with Crippen LogP contribution in [0.25, 0.3) is 5.69 Å². The van der Waals surface area contributed by atoms with Gasteiger partial charge in [0.25, 0.3) is 0 Å². The number of benzene rings is 1. The lowest BCUT2D eigenvalue weighted by Gasteiger charge is -2.10. The van der Waals surface area contributed by atoms with Crippen LogP contribution in [0.5, 0.6) is 5.75 Å². The van der Waals surface area contributed by atoms with Crippen molar-refractivity contribution < 1.29 is 4.74 Å². The van der Waals surface area contributed by atoms with Crippen LogP contribution in [0.4, 0.5) is 0 Å². The molecule has 2 rings (SSSR count). The number of aromatic nitrogens is 2. The van der Waals surface area contributed by atoms with Gasteiger partial charge in [0.2, 0.25) is 0 Å². The van der Waals surface area contributed by atoms with Gasteiger partial charge >= 0.3 is 0 Å². The van der Waals surface area contributed by atoms with E-state index in [9.17, 15) is 0 Å². The van der Waals surface area contributed by atoms with Crippen molar-refractivity contribution in [3.05, 3.63) is 42.2 Å². The maximum Gasteiger partial charge on any atom is 0.191 e. The summed E-state index contributed by atoms with van der Waals surface area (Å²) in [6.45, 7) is 1.56. The maximum atomic E-state index is 5.18. The van der Waals surface area contributed by atoms with Crippen LogP contribution in [0.15, 0.2) is 41.5 Å².